The third-order valence-electron chi connectivity index (χ3n) is 13.0. The summed E-state index contributed by atoms with van der Waals surface area (Å²) < 4.78 is 4.86. The van der Waals surface area contributed by atoms with E-state index in [-0.39, 0.29) is 0 Å². The Morgan fingerprint density at radius 3 is 1.36 bits per heavy atom. The van der Waals surface area contributed by atoms with Gasteiger partial charge in [0, 0.05) is 38.5 Å². The van der Waals surface area contributed by atoms with Crippen molar-refractivity contribution in [2.45, 2.75) is 25.7 Å². The molecule has 0 radical (unpaired) electrons. The van der Waals surface area contributed by atoms with Crippen LogP contribution < -0.4 is 0 Å². The molecule has 0 saturated carbocycles. The van der Waals surface area contributed by atoms with Crippen molar-refractivity contribution in [2.75, 3.05) is 0 Å². The van der Waals surface area contributed by atoms with E-state index in [1.165, 1.54) is 77.0 Å². The lowest BCUT2D eigenvalue weighted by Gasteiger charge is -2.33. The molecule has 11 aromatic rings. The minimum absolute atomic E-state index is 0.580. The van der Waals surface area contributed by atoms with E-state index in [2.05, 4.69) is 229 Å². The lowest BCUT2D eigenvalue weighted by Crippen LogP contribution is -2.30. The van der Waals surface area contributed by atoms with Gasteiger partial charge < -0.3 is 9.13 Å². The van der Waals surface area contributed by atoms with Crippen molar-refractivity contribution in [3.8, 4) is 33.8 Å². The maximum absolute atomic E-state index is 5.82. The second-order valence-electron chi connectivity index (χ2n) is 17.0. The van der Waals surface area contributed by atoms with Gasteiger partial charge in [0.2, 0.25) is 0 Å². The zero-order valence-electron chi connectivity index (χ0n) is 34.3. The summed E-state index contributed by atoms with van der Waals surface area (Å²) in [5.74, 6) is 0.580. The van der Waals surface area contributed by atoms with Crippen LogP contribution >= 0.6 is 0 Å². The lowest BCUT2D eigenvalue weighted by molar-refractivity contribution is 0.646. The first-order chi connectivity index (χ1) is 30.1. The Morgan fingerprint density at radius 1 is 0.443 bits per heavy atom. The van der Waals surface area contributed by atoms with Crippen molar-refractivity contribution in [1.82, 2.24) is 14.1 Å². The molecule has 0 bridgehead atoms. The average molecular weight is 782 g/mol. The predicted octanol–water partition coefficient (Wildman–Crippen LogP) is 14.5. The van der Waals surface area contributed by atoms with E-state index in [4.69, 9.17) is 4.98 Å². The molecular formula is C58H43N3. The van der Waals surface area contributed by atoms with Crippen molar-refractivity contribution in [3.63, 3.8) is 0 Å². The highest BCUT2D eigenvalue weighted by Gasteiger charge is 2.47. The number of fused-ring (bicyclic) bond motifs is 9. The highest BCUT2D eigenvalue weighted by molar-refractivity contribution is 6.10. The smallest absolute Gasteiger partial charge is 0.0886 e. The predicted molar refractivity (Wildman–Crippen MR) is 254 cm³/mol. The molecule has 8 aromatic carbocycles. The van der Waals surface area contributed by atoms with E-state index >= 15 is 0 Å². The molecule has 1 aliphatic rings. The third-order valence-corrected chi connectivity index (χ3v) is 13.0. The Morgan fingerprint density at radius 2 is 0.885 bits per heavy atom. The monoisotopic (exact) mass is 781 g/mol. The zero-order chi connectivity index (χ0) is 40.7. The first-order valence-electron chi connectivity index (χ1n) is 21.5. The molecule has 0 spiro atoms. The number of nitrogens with zero attached hydrogens (tertiary/aromatic N) is 3. The second-order valence-corrected chi connectivity index (χ2v) is 17.0. The molecule has 0 saturated heterocycles. The van der Waals surface area contributed by atoms with Crippen LogP contribution in [0.3, 0.4) is 0 Å². The van der Waals surface area contributed by atoms with Crippen LogP contribution in [-0.2, 0) is 11.8 Å². The Kier molecular flexibility index (Phi) is 8.02. The van der Waals surface area contributed by atoms with E-state index in [0.717, 1.165) is 34.7 Å². The van der Waals surface area contributed by atoms with Gasteiger partial charge in [-0.3, -0.25) is 4.98 Å². The zero-order valence-corrected chi connectivity index (χ0v) is 34.3. The van der Waals surface area contributed by atoms with Gasteiger partial charge in [-0.25, -0.2) is 0 Å². The third kappa shape index (κ3) is 5.33. The van der Waals surface area contributed by atoms with Gasteiger partial charge in [0.25, 0.3) is 0 Å². The van der Waals surface area contributed by atoms with Gasteiger partial charge in [-0.15, -0.1) is 0 Å². The molecule has 290 valence electrons. The number of hydrogen-bond donors (Lipinski definition) is 0. The number of benzene rings is 8. The molecular weight excluding hydrogens is 739 g/mol. The molecule has 61 heavy (non-hydrogen) atoms. The number of aromatic nitrogens is 3. The van der Waals surface area contributed by atoms with E-state index in [1.54, 1.807) is 0 Å². The quantitative estimate of drug-likeness (QED) is 0.158. The molecule has 0 fully saturated rings. The molecule has 0 unspecified atom stereocenters. The minimum Gasteiger partial charge on any atom is -0.309 e. The maximum Gasteiger partial charge on any atom is 0.0886 e. The van der Waals surface area contributed by atoms with Crippen LogP contribution in [0, 0.1) is 5.92 Å². The topological polar surface area (TPSA) is 22.8 Å². The Hall–Kier alpha value is -7.49. The molecule has 12 rings (SSSR count). The fourth-order valence-electron chi connectivity index (χ4n) is 10.5. The van der Waals surface area contributed by atoms with Crippen LogP contribution in [-0.4, -0.2) is 14.1 Å². The molecule has 0 amide bonds. The summed E-state index contributed by atoms with van der Waals surface area (Å²) in [7, 11) is 0. The molecule has 3 nitrogen and oxygen atoms in total. The highest BCUT2D eigenvalue weighted by atomic mass is 15.0. The summed E-state index contributed by atoms with van der Waals surface area (Å²) >= 11 is 0. The summed E-state index contributed by atoms with van der Waals surface area (Å²) in [4.78, 5) is 5.82. The van der Waals surface area contributed by atoms with Crippen molar-refractivity contribution in [1.29, 1.82) is 0 Å². The van der Waals surface area contributed by atoms with Crippen molar-refractivity contribution in [3.05, 3.63) is 234 Å². The summed E-state index contributed by atoms with van der Waals surface area (Å²) in [6, 6.07) is 76.0. The van der Waals surface area contributed by atoms with E-state index in [1.807, 2.05) is 0 Å². The van der Waals surface area contributed by atoms with Crippen molar-refractivity contribution < 1.29 is 0 Å². The van der Waals surface area contributed by atoms with Gasteiger partial charge in [-0.1, -0.05) is 166 Å². The molecule has 3 aromatic heterocycles. The largest absolute Gasteiger partial charge is 0.309 e. The molecule has 3 heteroatoms. The molecule has 0 N–H and O–H groups in total. The van der Waals surface area contributed by atoms with E-state index in [0.29, 0.717) is 5.92 Å². The molecule has 1 aliphatic carbocycles. The standard InChI is InChI=1S/C58H43N3/c1-38(2)34-39-30-32-41(33-31-39)58(50-22-9-3-16-44(50)45-17-4-10-23-51(45)58)57-29-15-24-52(59-57)40-35-42(60-53-25-11-5-18-46(53)47-19-6-12-26-54(47)60)37-43(36-40)61-55-27-13-7-20-48(55)49-21-8-14-28-56(49)61/h3-33,35-38H,34H2,1-2H3. The van der Waals surface area contributed by atoms with Crippen LogP contribution in [0.2, 0.25) is 0 Å². The van der Waals surface area contributed by atoms with Gasteiger partial charge in [-0.05, 0) is 100 Å². The van der Waals surface area contributed by atoms with E-state index < -0.39 is 5.41 Å². The Bertz CT molecular complexity index is 3210. The minimum atomic E-state index is -0.611. The van der Waals surface area contributed by atoms with Crippen LogP contribution in [0.25, 0.3) is 77.4 Å². The first kappa shape index (κ1) is 35.5. The Balaban J connectivity index is 1.14. The van der Waals surface area contributed by atoms with Gasteiger partial charge >= 0.3 is 0 Å². The van der Waals surface area contributed by atoms with Crippen LogP contribution in [0.4, 0.5) is 0 Å². The van der Waals surface area contributed by atoms with Gasteiger partial charge in [0.1, 0.15) is 0 Å². The summed E-state index contributed by atoms with van der Waals surface area (Å²) in [6.07, 6.45) is 1.05. The number of pyridine rings is 1. The van der Waals surface area contributed by atoms with Crippen molar-refractivity contribution in [2.24, 2.45) is 5.92 Å². The SMILES string of the molecule is CC(C)Cc1ccc(C2(c3cccc(-c4cc(-n5c6ccccc6c6ccccc65)cc(-n5c6ccccc6c6ccccc65)c4)n3)c3ccccc3-c3ccccc32)cc1. The fourth-order valence-corrected chi connectivity index (χ4v) is 10.5. The average Bonchev–Trinajstić information content (AvgIpc) is 3.94. The van der Waals surface area contributed by atoms with Gasteiger partial charge in [0.15, 0.2) is 0 Å². The number of rotatable bonds is 7. The molecule has 3 heterocycles. The first-order valence-corrected chi connectivity index (χ1v) is 21.5. The molecule has 0 atom stereocenters. The van der Waals surface area contributed by atoms with Gasteiger partial charge in [0.05, 0.1) is 38.9 Å². The summed E-state index contributed by atoms with van der Waals surface area (Å²) in [5.41, 5.74) is 16.9. The van der Waals surface area contributed by atoms with Crippen LogP contribution in [0.5, 0.6) is 0 Å². The van der Waals surface area contributed by atoms with Gasteiger partial charge in [-0.2, -0.15) is 0 Å². The van der Waals surface area contributed by atoms with Crippen molar-refractivity contribution >= 4 is 43.6 Å². The summed E-state index contributed by atoms with van der Waals surface area (Å²) in [5, 5.41) is 4.95. The van der Waals surface area contributed by atoms with Crippen LogP contribution in [0.1, 0.15) is 41.8 Å². The number of para-hydroxylation sites is 4. The summed E-state index contributed by atoms with van der Waals surface area (Å²) in [6.45, 7) is 4.58. The number of hydrogen-bond acceptors (Lipinski definition) is 1. The Labute approximate surface area is 355 Å². The van der Waals surface area contributed by atoms with Crippen LogP contribution in [0.15, 0.2) is 206 Å². The van der Waals surface area contributed by atoms with E-state index in [9.17, 15) is 0 Å². The normalized spacial score (nSPS) is 13.1. The second kappa shape index (κ2) is 13.8. The maximum atomic E-state index is 5.82. The molecule has 0 aliphatic heterocycles. The highest BCUT2D eigenvalue weighted by Crippen LogP contribution is 2.55. The lowest BCUT2D eigenvalue weighted by atomic mass is 9.69. The fraction of sp³-hybridized carbons (Fsp3) is 0.0862.